The number of amidine groups is 1. The van der Waals surface area contributed by atoms with Gasteiger partial charge in [0.1, 0.15) is 5.84 Å². The molecule has 0 unspecified atom stereocenters. The number of hydrogen-bond acceptors (Lipinski definition) is 3. The van der Waals surface area contributed by atoms with Crippen LogP contribution in [0.3, 0.4) is 0 Å². The summed E-state index contributed by atoms with van der Waals surface area (Å²) in [5, 5.41) is 7.62. The summed E-state index contributed by atoms with van der Waals surface area (Å²) in [6, 6.07) is 16.0. The Hall–Kier alpha value is -2.04. The van der Waals surface area contributed by atoms with E-state index in [9.17, 15) is 0 Å². The molecule has 0 saturated heterocycles. The molecule has 0 bridgehead atoms. The third-order valence-electron chi connectivity index (χ3n) is 3.81. The van der Waals surface area contributed by atoms with Gasteiger partial charge in [0, 0.05) is 24.6 Å². The van der Waals surface area contributed by atoms with Crippen molar-refractivity contribution in [3.05, 3.63) is 59.1 Å². The molecule has 0 spiro atoms. The fourth-order valence-corrected chi connectivity index (χ4v) is 2.82. The lowest BCUT2D eigenvalue weighted by molar-refractivity contribution is 0.143. The van der Waals surface area contributed by atoms with Crippen LogP contribution in [0.4, 0.5) is 11.4 Å². The maximum atomic E-state index is 6.05. The van der Waals surface area contributed by atoms with Crippen molar-refractivity contribution in [1.82, 2.24) is 0 Å². The third kappa shape index (κ3) is 4.98. The molecule has 2 N–H and O–H groups in total. The van der Waals surface area contributed by atoms with E-state index in [0.717, 1.165) is 53.8 Å². The average molecular weight is 344 g/mol. The molecule has 0 aliphatic carbocycles. The number of para-hydroxylation sites is 2. The monoisotopic (exact) mass is 343 g/mol. The normalized spacial score (nSPS) is 17.3. The SMILES string of the molecule is Clc1cccc(CN=C2CCCOCCNc3ccccc3N2)c1. The van der Waals surface area contributed by atoms with E-state index in [1.165, 1.54) is 0 Å². The summed E-state index contributed by atoms with van der Waals surface area (Å²) in [7, 11) is 0. The average Bonchev–Trinajstić information content (AvgIpc) is 2.64. The van der Waals surface area contributed by atoms with Crippen LogP contribution in [0.1, 0.15) is 18.4 Å². The van der Waals surface area contributed by atoms with E-state index in [1.807, 2.05) is 36.4 Å². The van der Waals surface area contributed by atoms with Crippen molar-refractivity contribution in [2.45, 2.75) is 19.4 Å². The molecule has 0 radical (unpaired) electrons. The third-order valence-corrected chi connectivity index (χ3v) is 4.05. The zero-order valence-electron chi connectivity index (χ0n) is 13.6. The lowest BCUT2D eigenvalue weighted by Gasteiger charge is -2.14. The maximum absolute atomic E-state index is 6.05. The van der Waals surface area contributed by atoms with Gasteiger partial charge in [-0.25, -0.2) is 0 Å². The fraction of sp³-hybridized carbons (Fsp3) is 0.316. The molecule has 4 nitrogen and oxygen atoms in total. The highest BCUT2D eigenvalue weighted by Gasteiger charge is 2.07. The van der Waals surface area contributed by atoms with Gasteiger partial charge in [-0.3, -0.25) is 4.99 Å². The van der Waals surface area contributed by atoms with Crippen molar-refractivity contribution < 1.29 is 4.74 Å². The molecular formula is C19H22ClN3O. The number of ether oxygens (including phenoxy) is 1. The first-order chi connectivity index (χ1) is 11.8. The summed E-state index contributed by atoms with van der Waals surface area (Å²) in [6.07, 6.45) is 1.80. The number of halogens is 1. The molecule has 2 aromatic carbocycles. The molecule has 1 aliphatic rings. The zero-order valence-corrected chi connectivity index (χ0v) is 14.4. The lowest BCUT2D eigenvalue weighted by Crippen LogP contribution is -2.14. The summed E-state index contributed by atoms with van der Waals surface area (Å²) in [5.74, 6) is 0.967. The zero-order chi connectivity index (χ0) is 16.6. The van der Waals surface area contributed by atoms with Crippen LogP contribution in [-0.4, -0.2) is 25.6 Å². The Balaban J connectivity index is 1.78. The number of nitrogens with one attached hydrogen (secondary N) is 2. The van der Waals surface area contributed by atoms with Crippen molar-refractivity contribution in [2.24, 2.45) is 4.99 Å². The molecule has 0 fully saturated rings. The predicted molar refractivity (Wildman–Crippen MR) is 101 cm³/mol. The predicted octanol–water partition coefficient (Wildman–Crippen LogP) is 4.57. The minimum Gasteiger partial charge on any atom is -0.381 e. The fourth-order valence-electron chi connectivity index (χ4n) is 2.61. The Bertz CT molecular complexity index is 703. The van der Waals surface area contributed by atoms with Gasteiger partial charge in [0.05, 0.1) is 24.5 Å². The summed E-state index contributed by atoms with van der Waals surface area (Å²) in [4.78, 5) is 4.76. The van der Waals surface area contributed by atoms with Gasteiger partial charge in [0.25, 0.3) is 0 Å². The summed E-state index contributed by atoms with van der Waals surface area (Å²) in [5.41, 5.74) is 3.22. The van der Waals surface area contributed by atoms with E-state index in [0.29, 0.717) is 13.2 Å². The van der Waals surface area contributed by atoms with Crippen LogP contribution < -0.4 is 10.6 Å². The maximum Gasteiger partial charge on any atom is 0.101 e. The van der Waals surface area contributed by atoms with Crippen molar-refractivity contribution in [3.63, 3.8) is 0 Å². The van der Waals surface area contributed by atoms with Crippen LogP contribution in [0.5, 0.6) is 0 Å². The summed E-state index contributed by atoms with van der Waals surface area (Å²) >= 11 is 6.05. The topological polar surface area (TPSA) is 45.6 Å². The van der Waals surface area contributed by atoms with E-state index in [4.69, 9.17) is 21.3 Å². The lowest BCUT2D eigenvalue weighted by atomic mass is 10.2. The molecule has 0 amide bonds. The second kappa shape index (κ2) is 8.71. The van der Waals surface area contributed by atoms with Crippen molar-refractivity contribution >= 4 is 28.8 Å². The Labute approximate surface area is 147 Å². The van der Waals surface area contributed by atoms with Crippen LogP contribution in [0.15, 0.2) is 53.5 Å². The molecule has 3 rings (SSSR count). The highest BCUT2D eigenvalue weighted by molar-refractivity contribution is 6.30. The van der Waals surface area contributed by atoms with Gasteiger partial charge >= 0.3 is 0 Å². The molecule has 24 heavy (non-hydrogen) atoms. The number of benzene rings is 2. The van der Waals surface area contributed by atoms with Gasteiger partial charge in [-0.15, -0.1) is 0 Å². The van der Waals surface area contributed by atoms with Crippen LogP contribution in [-0.2, 0) is 11.3 Å². The minimum atomic E-state index is 0.610. The van der Waals surface area contributed by atoms with Crippen LogP contribution in [0.2, 0.25) is 5.02 Å². The van der Waals surface area contributed by atoms with Crippen molar-refractivity contribution in [3.8, 4) is 0 Å². The molecule has 1 heterocycles. The van der Waals surface area contributed by atoms with Gasteiger partial charge in [-0.2, -0.15) is 0 Å². The molecule has 0 aromatic heterocycles. The first-order valence-electron chi connectivity index (χ1n) is 8.27. The number of rotatable bonds is 2. The minimum absolute atomic E-state index is 0.610. The molecule has 1 aliphatic heterocycles. The largest absolute Gasteiger partial charge is 0.381 e. The number of hydrogen-bond donors (Lipinski definition) is 2. The number of nitrogens with zero attached hydrogens (tertiary/aromatic N) is 1. The van der Waals surface area contributed by atoms with Gasteiger partial charge in [-0.05, 0) is 36.2 Å². The van der Waals surface area contributed by atoms with E-state index < -0.39 is 0 Å². The van der Waals surface area contributed by atoms with Crippen molar-refractivity contribution in [1.29, 1.82) is 0 Å². The summed E-state index contributed by atoms with van der Waals surface area (Å²) < 4.78 is 5.64. The van der Waals surface area contributed by atoms with Crippen LogP contribution in [0, 0.1) is 0 Å². The first-order valence-corrected chi connectivity index (χ1v) is 8.64. The van der Waals surface area contributed by atoms with E-state index in [1.54, 1.807) is 0 Å². The molecule has 126 valence electrons. The van der Waals surface area contributed by atoms with Gasteiger partial charge < -0.3 is 15.4 Å². The Morgan fingerprint density at radius 3 is 2.79 bits per heavy atom. The molecule has 0 saturated carbocycles. The second-order valence-electron chi connectivity index (χ2n) is 5.71. The quantitative estimate of drug-likeness (QED) is 0.839. The molecule has 0 atom stereocenters. The number of anilines is 2. The van der Waals surface area contributed by atoms with Gasteiger partial charge in [-0.1, -0.05) is 35.9 Å². The Morgan fingerprint density at radius 1 is 1.04 bits per heavy atom. The highest BCUT2D eigenvalue weighted by atomic mass is 35.5. The second-order valence-corrected chi connectivity index (χ2v) is 6.14. The van der Waals surface area contributed by atoms with Gasteiger partial charge in [0.15, 0.2) is 0 Å². The van der Waals surface area contributed by atoms with E-state index in [-0.39, 0.29) is 0 Å². The van der Waals surface area contributed by atoms with Crippen LogP contribution >= 0.6 is 11.6 Å². The Morgan fingerprint density at radius 2 is 1.92 bits per heavy atom. The first kappa shape index (κ1) is 16.8. The number of fused-ring (bicyclic) bond motifs is 1. The summed E-state index contributed by atoms with van der Waals surface area (Å²) in [6.45, 7) is 2.87. The van der Waals surface area contributed by atoms with Crippen molar-refractivity contribution in [2.75, 3.05) is 30.4 Å². The Kier molecular flexibility index (Phi) is 6.10. The standard InChI is InChI=1S/C19H22ClN3O/c20-16-6-3-5-15(13-16)14-22-19-9-4-11-24-12-10-21-17-7-1-2-8-18(17)23-19/h1-3,5-8,13,21H,4,9-12,14H2,(H,22,23). The number of aliphatic imine (C=N–C) groups is 1. The van der Waals surface area contributed by atoms with E-state index >= 15 is 0 Å². The molecular weight excluding hydrogens is 322 g/mol. The van der Waals surface area contributed by atoms with Crippen LogP contribution in [0.25, 0.3) is 0 Å². The highest BCUT2D eigenvalue weighted by Crippen LogP contribution is 2.22. The smallest absolute Gasteiger partial charge is 0.101 e. The molecule has 5 heteroatoms. The van der Waals surface area contributed by atoms with E-state index in [2.05, 4.69) is 22.8 Å². The molecule has 2 aromatic rings. The van der Waals surface area contributed by atoms with Gasteiger partial charge in [0.2, 0.25) is 0 Å².